The molecule has 0 fully saturated rings. The van der Waals surface area contributed by atoms with Crippen LogP contribution in [-0.4, -0.2) is 4.89 Å². The van der Waals surface area contributed by atoms with Crippen LogP contribution in [0.5, 0.6) is 0 Å². The fraction of sp³-hybridized carbons (Fsp3) is 0.900. The standard InChI is InChI=1S/C40H79O3P/c1-3-5-7-9-11-13-15-17-19-21-23-25-27-29-31-33-35-37-39-42-44(41)43-40-38-36-34-32-30-28-26-24-22-20-18-16-14-12-10-8-6-4-2/h37-41H,3-36H2,1-2H3/b39-37+,40-38+. The largest absolute Gasteiger partial charge is 0.458 e. The first kappa shape index (κ1) is 43.5. The van der Waals surface area contributed by atoms with Crippen molar-refractivity contribution in [2.45, 2.75) is 232 Å². The molecule has 0 saturated heterocycles. The maximum atomic E-state index is 9.85. The molecule has 1 N–H and O–H groups in total. The lowest BCUT2D eigenvalue weighted by atomic mass is 10.0. The summed E-state index contributed by atoms with van der Waals surface area (Å²) in [6, 6.07) is 0. The van der Waals surface area contributed by atoms with Crippen LogP contribution in [0.15, 0.2) is 24.7 Å². The predicted octanol–water partition coefficient (Wildman–Crippen LogP) is 15.6. The van der Waals surface area contributed by atoms with Crippen LogP contribution in [0.3, 0.4) is 0 Å². The molecule has 0 heterocycles. The van der Waals surface area contributed by atoms with Crippen LogP contribution in [0.25, 0.3) is 0 Å². The van der Waals surface area contributed by atoms with Crippen LogP contribution in [0, 0.1) is 0 Å². The van der Waals surface area contributed by atoms with Gasteiger partial charge in [-0.05, 0) is 37.8 Å². The molecule has 0 bridgehead atoms. The molecule has 0 aromatic carbocycles. The van der Waals surface area contributed by atoms with E-state index in [2.05, 4.69) is 13.8 Å². The molecule has 0 aromatic heterocycles. The number of allylic oxidation sites excluding steroid dienone is 2. The summed E-state index contributed by atoms with van der Waals surface area (Å²) in [5.41, 5.74) is 0. The van der Waals surface area contributed by atoms with Crippen LogP contribution in [0.4, 0.5) is 0 Å². The van der Waals surface area contributed by atoms with Gasteiger partial charge in [0.25, 0.3) is 0 Å². The number of unbranched alkanes of at least 4 members (excludes halogenated alkanes) is 32. The lowest BCUT2D eigenvalue weighted by Gasteiger charge is -2.05. The van der Waals surface area contributed by atoms with Crippen molar-refractivity contribution in [3.05, 3.63) is 24.7 Å². The van der Waals surface area contributed by atoms with Gasteiger partial charge >= 0.3 is 8.60 Å². The van der Waals surface area contributed by atoms with Gasteiger partial charge in [-0.1, -0.05) is 206 Å². The molecule has 3 nitrogen and oxygen atoms in total. The van der Waals surface area contributed by atoms with Crippen LogP contribution in [0.1, 0.15) is 232 Å². The Hall–Kier alpha value is -0.530. The molecule has 0 amide bonds. The summed E-state index contributed by atoms with van der Waals surface area (Å²) < 4.78 is 10.5. The second-order valence-electron chi connectivity index (χ2n) is 13.4. The first-order chi connectivity index (χ1) is 21.8. The Morgan fingerprint density at radius 2 is 0.545 bits per heavy atom. The molecule has 44 heavy (non-hydrogen) atoms. The zero-order valence-electron chi connectivity index (χ0n) is 30.1. The fourth-order valence-corrected chi connectivity index (χ4v) is 6.40. The molecule has 0 atom stereocenters. The molecule has 0 radical (unpaired) electrons. The second kappa shape index (κ2) is 40.5. The van der Waals surface area contributed by atoms with Gasteiger partial charge in [-0.15, -0.1) is 0 Å². The van der Waals surface area contributed by atoms with Crippen molar-refractivity contribution in [2.75, 3.05) is 0 Å². The van der Waals surface area contributed by atoms with E-state index in [4.69, 9.17) is 9.05 Å². The van der Waals surface area contributed by atoms with Gasteiger partial charge in [-0.3, -0.25) is 0 Å². The molecule has 4 heteroatoms. The molecular formula is C40H79O3P. The Morgan fingerprint density at radius 1 is 0.341 bits per heavy atom. The highest BCUT2D eigenvalue weighted by molar-refractivity contribution is 7.40. The molecule has 0 spiro atoms. The summed E-state index contributed by atoms with van der Waals surface area (Å²) in [6.07, 6.45) is 53.9. The Labute approximate surface area is 278 Å². The minimum atomic E-state index is -1.84. The highest BCUT2D eigenvalue weighted by Crippen LogP contribution is 2.33. The molecule has 0 aliphatic heterocycles. The van der Waals surface area contributed by atoms with Crippen molar-refractivity contribution < 1.29 is 13.9 Å². The number of hydrogen-bond acceptors (Lipinski definition) is 3. The third-order valence-corrected chi connectivity index (χ3v) is 9.55. The van der Waals surface area contributed by atoms with Gasteiger partial charge in [0.2, 0.25) is 0 Å². The Bertz CT molecular complexity index is 517. The molecule has 0 rings (SSSR count). The fourth-order valence-electron chi connectivity index (χ4n) is 5.97. The van der Waals surface area contributed by atoms with E-state index in [1.165, 1.54) is 205 Å². The van der Waals surface area contributed by atoms with Gasteiger partial charge in [-0.25, -0.2) is 0 Å². The highest BCUT2D eigenvalue weighted by atomic mass is 31.2. The van der Waals surface area contributed by atoms with Crippen LogP contribution >= 0.6 is 8.60 Å². The van der Waals surface area contributed by atoms with Crippen molar-refractivity contribution in [2.24, 2.45) is 0 Å². The predicted molar refractivity (Wildman–Crippen MR) is 198 cm³/mol. The lowest BCUT2D eigenvalue weighted by Crippen LogP contribution is -1.83. The monoisotopic (exact) mass is 639 g/mol. The summed E-state index contributed by atoms with van der Waals surface area (Å²) in [4.78, 5) is 9.85. The lowest BCUT2D eigenvalue weighted by molar-refractivity contribution is 0.320. The molecule has 262 valence electrons. The maximum absolute atomic E-state index is 9.85. The zero-order chi connectivity index (χ0) is 31.9. The van der Waals surface area contributed by atoms with Gasteiger partial charge < -0.3 is 13.9 Å². The Balaban J connectivity index is 3.26. The van der Waals surface area contributed by atoms with E-state index in [-0.39, 0.29) is 0 Å². The third kappa shape index (κ3) is 39.5. The second-order valence-corrected chi connectivity index (χ2v) is 14.3. The quantitative estimate of drug-likeness (QED) is 0.0415. The van der Waals surface area contributed by atoms with Crippen molar-refractivity contribution in [1.82, 2.24) is 0 Å². The topological polar surface area (TPSA) is 38.7 Å². The van der Waals surface area contributed by atoms with Crippen molar-refractivity contribution in [3.8, 4) is 0 Å². The minimum Gasteiger partial charge on any atom is -0.426 e. The van der Waals surface area contributed by atoms with Crippen LogP contribution < -0.4 is 0 Å². The first-order valence-electron chi connectivity index (χ1n) is 19.9. The van der Waals surface area contributed by atoms with Gasteiger partial charge in [0.1, 0.15) is 0 Å². The average Bonchev–Trinajstić information content (AvgIpc) is 3.03. The third-order valence-electron chi connectivity index (χ3n) is 8.94. The summed E-state index contributed by atoms with van der Waals surface area (Å²) >= 11 is 0. The molecule has 0 aliphatic rings. The normalized spacial score (nSPS) is 11.9. The van der Waals surface area contributed by atoms with Gasteiger partial charge in [0.05, 0.1) is 12.5 Å². The van der Waals surface area contributed by atoms with E-state index in [0.717, 1.165) is 12.8 Å². The number of hydrogen-bond donors (Lipinski definition) is 1. The van der Waals surface area contributed by atoms with Crippen molar-refractivity contribution in [1.29, 1.82) is 0 Å². The van der Waals surface area contributed by atoms with Gasteiger partial charge in [-0.2, -0.15) is 0 Å². The summed E-state index contributed by atoms with van der Waals surface area (Å²) in [7, 11) is -1.84. The van der Waals surface area contributed by atoms with Gasteiger partial charge in [0.15, 0.2) is 0 Å². The molecule has 0 unspecified atom stereocenters. The van der Waals surface area contributed by atoms with E-state index >= 15 is 0 Å². The van der Waals surface area contributed by atoms with Crippen LogP contribution in [-0.2, 0) is 9.05 Å². The molecule has 0 saturated carbocycles. The summed E-state index contributed by atoms with van der Waals surface area (Å²) in [5, 5.41) is 0. The SMILES string of the molecule is CCCCCCCCCCCCCCCCCC/C=C/OP(O)O/C=C/CCCCCCCCCCCCCCCCCC. The number of rotatable bonds is 38. The minimum absolute atomic E-state index is 1.01. The van der Waals surface area contributed by atoms with E-state index in [1.54, 1.807) is 12.5 Å². The molecule has 0 aliphatic carbocycles. The zero-order valence-corrected chi connectivity index (χ0v) is 31.0. The highest BCUT2D eigenvalue weighted by Gasteiger charge is 2.02. The van der Waals surface area contributed by atoms with Gasteiger partial charge in [0, 0.05) is 0 Å². The molecular weight excluding hydrogens is 559 g/mol. The van der Waals surface area contributed by atoms with E-state index in [9.17, 15) is 4.89 Å². The summed E-state index contributed by atoms with van der Waals surface area (Å²) in [6.45, 7) is 4.58. The Morgan fingerprint density at radius 3 is 0.773 bits per heavy atom. The van der Waals surface area contributed by atoms with Crippen molar-refractivity contribution >= 4 is 8.60 Å². The average molecular weight is 639 g/mol. The van der Waals surface area contributed by atoms with Crippen LogP contribution in [0.2, 0.25) is 0 Å². The van der Waals surface area contributed by atoms with E-state index in [0.29, 0.717) is 0 Å². The van der Waals surface area contributed by atoms with Crippen molar-refractivity contribution in [3.63, 3.8) is 0 Å². The first-order valence-corrected chi connectivity index (χ1v) is 21.1. The maximum Gasteiger partial charge on any atom is 0.458 e. The smallest absolute Gasteiger partial charge is 0.426 e. The van der Waals surface area contributed by atoms with E-state index in [1.807, 2.05) is 12.2 Å². The molecule has 0 aromatic rings. The Kier molecular flexibility index (Phi) is 40.0. The van der Waals surface area contributed by atoms with E-state index < -0.39 is 8.60 Å². The summed E-state index contributed by atoms with van der Waals surface area (Å²) in [5.74, 6) is 0.